The Bertz CT molecular complexity index is 303. The van der Waals surface area contributed by atoms with Gasteiger partial charge in [0.15, 0.2) is 0 Å². The van der Waals surface area contributed by atoms with Crippen LogP contribution in [0.1, 0.15) is 46.5 Å². The monoisotopic (exact) mass is 240 g/mol. The molecule has 3 N–H and O–H groups in total. The van der Waals surface area contributed by atoms with E-state index in [0.717, 1.165) is 32.2 Å². The van der Waals surface area contributed by atoms with Crippen molar-refractivity contribution in [1.82, 2.24) is 10.9 Å². The van der Waals surface area contributed by atoms with E-state index in [1.165, 1.54) is 0 Å². The number of carbonyl (C=O) groups is 1. The Morgan fingerprint density at radius 1 is 1.35 bits per heavy atom. The van der Waals surface area contributed by atoms with E-state index in [2.05, 4.69) is 31.6 Å². The molecule has 1 aliphatic carbocycles. The van der Waals surface area contributed by atoms with Gasteiger partial charge in [-0.2, -0.15) is 0 Å². The molecule has 0 bridgehead atoms. The Hall–Kier alpha value is -0.610. The molecular formula is C13H24N2O2. The summed E-state index contributed by atoms with van der Waals surface area (Å²) in [5, 5.41) is 9.22. The van der Waals surface area contributed by atoms with Crippen LogP contribution in [0.4, 0.5) is 0 Å². The van der Waals surface area contributed by atoms with Gasteiger partial charge in [0.2, 0.25) is 0 Å². The van der Waals surface area contributed by atoms with Crippen molar-refractivity contribution in [2.45, 2.75) is 52.0 Å². The summed E-state index contributed by atoms with van der Waals surface area (Å²) in [4.78, 5) is 11.2. The SMILES string of the molecule is CC(C)(C)C1CC(C(=O)O)CCC12CCNN2. The lowest BCUT2D eigenvalue weighted by Crippen LogP contribution is -2.57. The third kappa shape index (κ3) is 2.33. The molecule has 1 heterocycles. The fraction of sp³-hybridized carbons (Fsp3) is 0.923. The van der Waals surface area contributed by atoms with Gasteiger partial charge in [0.1, 0.15) is 0 Å². The van der Waals surface area contributed by atoms with Crippen molar-refractivity contribution in [1.29, 1.82) is 0 Å². The minimum atomic E-state index is -0.625. The van der Waals surface area contributed by atoms with Crippen LogP contribution >= 0.6 is 0 Å². The molecule has 2 rings (SSSR count). The Morgan fingerprint density at radius 3 is 2.53 bits per heavy atom. The largest absolute Gasteiger partial charge is 0.481 e. The highest BCUT2D eigenvalue weighted by molar-refractivity contribution is 5.70. The van der Waals surface area contributed by atoms with Crippen molar-refractivity contribution in [2.24, 2.45) is 17.3 Å². The molecule has 0 aromatic carbocycles. The number of carboxylic acid groups (broad SMARTS) is 1. The summed E-state index contributed by atoms with van der Waals surface area (Å²) in [6.45, 7) is 7.67. The maximum absolute atomic E-state index is 11.2. The van der Waals surface area contributed by atoms with Gasteiger partial charge in [-0.05, 0) is 37.0 Å². The summed E-state index contributed by atoms with van der Waals surface area (Å²) in [5.74, 6) is -0.368. The van der Waals surface area contributed by atoms with Gasteiger partial charge in [-0.3, -0.25) is 15.6 Å². The van der Waals surface area contributed by atoms with Crippen LogP contribution in [-0.2, 0) is 4.79 Å². The number of carboxylic acids is 1. The number of hydrogen-bond acceptors (Lipinski definition) is 3. The molecule has 1 saturated heterocycles. The van der Waals surface area contributed by atoms with E-state index >= 15 is 0 Å². The van der Waals surface area contributed by atoms with Crippen LogP contribution < -0.4 is 10.9 Å². The van der Waals surface area contributed by atoms with Crippen LogP contribution in [0, 0.1) is 17.3 Å². The normalized spacial score (nSPS) is 38.5. The van der Waals surface area contributed by atoms with Crippen molar-refractivity contribution in [2.75, 3.05) is 6.54 Å². The smallest absolute Gasteiger partial charge is 0.306 e. The minimum absolute atomic E-state index is 0.115. The third-order valence-corrected chi connectivity index (χ3v) is 4.55. The first-order valence-corrected chi connectivity index (χ1v) is 6.58. The number of hydrazine groups is 1. The first kappa shape index (κ1) is 12.8. The Balaban J connectivity index is 2.21. The number of hydrogen-bond donors (Lipinski definition) is 3. The van der Waals surface area contributed by atoms with E-state index in [1.54, 1.807) is 0 Å². The Labute approximate surface area is 103 Å². The highest BCUT2D eigenvalue weighted by Crippen LogP contribution is 2.48. The van der Waals surface area contributed by atoms with Gasteiger partial charge in [-0.25, -0.2) is 0 Å². The average Bonchev–Trinajstić information content (AvgIpc) is 2.65. The quantitative estimate of drug-likeness (QED) is 0.653. The van der Waals surface area contributed by atoms with E-state index < -0.39 is 5.97 Å². The number of nitrogens with one attached hydrogen (secondary N) is 2. The maximum Gasteiger partial charge on any atom is 0.306 e. The first-order valence-electron chi connectivity index (χ1n) is 6.58. The van der Waals surface area contributed by atoms with E-state index in [4.69, 9.17) is 0 Å². The summed E-state index contributed by atoms with van der Waals surface area (Å²) < 4.78 is 0. The predicted octanol–water partition coefficient (Wildman–Crippen LogP) is 1.77. The van der Waals surface area contributed by atoms with Gasteiger partial charge < -0.3 is 5.11 Å². The van der Waals surface area contributed by atoms with Crippen molar-refractivity contribution < 1.29 is 9.90 Å². The van der Waals surface area contributed by atoms with E-state index in [0.29, 0.717) is 5.92 Å². The van der Waals surface area contributed by atoms with Gasteiger partial charge in [0.05, 0.1) is 5.92 Å². The molecule has 0 radical (unpaired) electrons. The van der Waals surface area contributed by atoms with Crippen LogP contribution in [0.15, 0.2) is 0 Å². The second-order valence-corrected chi connectivity index (χ2v) is 6.69. The second kappa shape index (κ2) is 4.25. The number of rotatable bonds is 1. The highest BCUT2D eigenvalue weighted by atomic mass is 16.4. The first-order chi connectivity index (χ1) is 7.85. The fourth-order valence-electron chi connectivity index (χ4n) is 3.68. The molecule has 3 atom stereocenters. The average molecular weight is 240 g/mol. The molecule has 4 nitrogen and oxygen atoms in total. The zero-order valence-corrected chi connectivity index (χ0v) is 11.0. The van der Waals surface area contributed by atoms with Crippen LogP contribution in [0.25, 0.3) is 0 Å². The lowest BCUT2D eigenvalue weighted by atomic mass is 9.59. The molecule has 0 amide bonds. The molecule has 0 aromatic rings. The number of aliphatic carboxylic acids is 1. The maximum atomic E-state index is 11.2. The topological polar surface area (TPSA) is 61.4 Å². The minimum Gasteiger partial charge on any atom is -0.481 e. The summed E-state index contributed by atoms with van der Waals surface area (Å²) >= 11 is 0. The summed E-state index contributed by atoms with van der Waals surface area (Å²) in [5.41, 5.74) is 6.94. The summed E-state index contributed by atoms with van der Waals surface area (Å²) in [6, 6.07) is 0. The van der Waals surface area contributed by atoms with Crippen molar-refractivity contribution in [3.8, 4) is 0 Å². The molecule has 4 heteroatoms. The van der Waals surface area contributed by atoms with Crippen LogP contribution in [0.3, 0.4) is 0 Å². The molecule has 1 aliphatic heterocycles. The highest BCUT2D eigenvalue weighted by Gasteiger charge is 2.50. The standard InChI is InChI=1S/C13H24N2O2/c1-12(2,3)10-8-9(11(16)17)4-5-13(10)6-7-14-15-13/h9-10,14-15H,4-8H2,1-3H3,(H,16,17). The van der Waals surface area contributed by atoms with Gasteiger partial charge in [-0.15, -0.1) is 0 Å². The van der Waals surface area contributed by atoms with Gasteiger partial charge in [0.25, 0.3) is 0 Å². The molecule has 2 aliphatic rings. The molecule has 0 aromatic heterocycles. The van der Waals surface area contributed by atoms with E-state index in [-0.39, 0.29) is 16.9 Å². The van der Waals surface area contributed by atoms with Crippen LogP contribution in [-0.4, -0.2) is 23.2 Å². The molecule has 17 heavy (non-hydrogen) atoms. The van der Waals surface area contributed by atoms with Crippen molar-refractivity contribution >= 4 is 5.97 Å². The van der Waals surface area contributed by atoms with Gasteiger partial charge >= 0.3 is 5.97 Å². The molecule has 3 unspecified atom stereocenters. The molecule has 1 spiro atoms. The molecule has 1 saturated carbocycles. The van der Waals surface area contributed by atoms with Gasteiger partial charge in [0, 0.05) is 12.1 Å². The lowest BCUT2D eigenvalue weighted by molar-refractivity contribution is -0.145. The molecule has 98 valence electrons. The zero-order chi connectivity index (χ0) is 12.7. The third-order valence-electron chi connectivity index (χ3n) is 4.55. The van der Waals surface area contributed by atoms with Crippen LogP contribution in [0.2, 0.25) is 0 Å². The summed E-state index contributed by atoms with van der Waals surface area (Å²) in [7, 11) is 0. The Morgan fingerprint density at radius 2 is 2.06 bits per heavy atom. The van der Waals surface area contributed by atoms with Crippen molar-refractivity contribution in [3.63, 3.8) is 0 Å². The second-order valence-electron chi connectivity index (χ2n) is 6.69. The van der Waals surface area contributed by atoms with Crippen molar-refractivity contribution in [3.05, 3.63) is 0 Å². The molecular weight excluding hydrogens is 216 g/mol. The predicted molar refractivity (Wildman–Crippen MR) is 66.4 cm³/mol. The lowest BCUT2D eigenvalue weighted by Gasteiger charge is -2.49. The van der Waals surface area contributed by atoms with Gasteiger partial charge in [-0.1, -0.05) is 20.8 Å². The Kier molecular flexibility index (Phi) is 3.21. The van der Waals surface area contributed by atoms with E-state index in [1.807, 2.05) is 0 Å². The zero-order valence-electron chi connectivity index (χ0n) is 11.0. The summed E-state index contributed by atoms with van der Waals surface area (Å²) in [6.07, 6.45) is 3.68. The fourth-order valence-corrected chi connectivity index (χ4v) is 3.68. The van der Waals surface area contributed by atoms with E-state index in [9.17, 15) is 9.90 Å². The van der Waals surface area contributed by atoms with Crippen LogP contribution in [0.5, 0.6) is 0 Å². The molecule has 2 fully saturated rings.